The average Bonchev–Trinajstić information content (AvgIpc) is 3.96. The summed E-state index contributed by atoms with van der Waals surface area (Å²) in [6.07, 6.45) is 13.9. The molecule has 1 aromatic rings. The lowest BCUT2D eigenvalue weighted by Gasteiger charge is -2.24. The number of alkyl halides is 3. The minimum Gasteiger partial charge on any atom is -0.462 e. The predicted octanol–water partition coefficient (Wildman–Crippen LogP) is 9.47. The Morgan fingerprint density at radius 3 is 1.84 bits per heavy atom. The van der Waals surface area contributed by atoms with Crippen molar-refractivity contribution in [1.29, 1.82) is 0 Å². The first-order chi connectivity index (χ1) is 27.1. The molecule has 0 aromatic heterocycles. The van der Waals surface area contributed by atoms with Crippen molar-refractivity contribution in [2.24, 2.45) is 5.10 Å². The summed E-state index contributed by atoms with van der Waals surface area (Å²) in [5, 5.41) is 3.41. The van der Waals surface area contributed by atoms with Gasteiger partial charge in [-0.15, -0.1) is 23.3 Å². The van der Waals surface area contributed by atoms with Crippen LogP contribution in [-0.4, -0.2) is 105 Å². The highest BCUT2D eigenvalue weighted by molar-refractivity contribution is 7.47. The van der Waals surface area contributed by atoms with Gasteiger partial charge in [0.25, 0.3) is 0 Å². The summed E-state index contributed by atoms with van der Waals surface area (Å²) in [6, 6.07) is 6.75. The van der Waals surface area contributed by atoms with Gasteiger partial charge in [-0.3, -0.25) is 18.6 Å². The Morgan fingerprint density at radius 1 is 0.754 bits per heavy atom. The zero-order chi connectivity index (χ0) is 42.0. The molecule has 0 aliphatic carbocycles. The molecule has 1 aromatic carbocycles. The molecule has 1 heterocycles. The molecule has 57 heavy (non-hydrogen) atoms. The van der Waals surface area contributed by atoms with Gasteiger partial charge in [0, 0.05) is 25.0 Å². The van der Waals surface area contributed by atoms with Crippen molar-refractivity contribution < 1.29 is 60.0 Å². The minimum atomic E-state index is -4.50. The Labute approximate surface area is 339 Å². The molecule has 2 rings (SSSR count). The lowest BCUT2D eigenvalue weighted by Crippen LogP contribution is -2.37. The van der Waals surface area contributed by atoms with E-state index in [1.165, 1.54) is 57.8 Å². The number of hydrazone groups is 1. The van der Waals surface area contributed by atoms with Crippen molar-refractivity contribution in [3.05, 3.63) is 35.4 Å². The summed E-state index contributed by atoms with van der Waals surface area (Å²) in [4.78, 5) is 35.3. The lowest BCUT2D eigenvalue weighted by atomic mass is 10.0. The van der Waals surface area contributed by atoms with Crippen LogP contribution in [0, 0.1) is 0 Å². The zero-order valence-electron chi connectivity index (χ0n) is 34.9. The fourth-order valence-electron chi connectivity index (χ4n) is 5.92. The molecule has 12 nitrogen and oxygen atoms in total. The van der Waals surface area contributed by atoms with Gasteiger partial charge in [0.15, 0.2) is 11.9 Å². The molecule has 1 aliphatic heterocycles. The molecular weight excluding hydrogens is 766 g/mol. The zero-order valence-corrected chi connectivity index (χ0v) is 35.8. The fourth-order valence-corrected chi connectivity index (χ4v) is 6.66. The monoisotopic (exact) mass is 836 g/mol. The molecule has 0 amide bonds. The van der Waals surface area contributed by atoms with E-state index in [-0.39, 0.29) is 36.9 Å². The predicted molar refractivity (Wildman–Crippen MR) is 214 cm³/mol. The van der Waals surface area contributed by atoms with Crippen molar-refractivity contribution in [2.45, 2.75) is 148 Å². The van der Waals surface area contributed by atoms with Gasteiger partial charge in [0.1, 0.15) is 19.8 Å². The highest BCUT2D eigenvalue weighted by atomic mass is 31.2. The molecule has 328 valence electrons. The summed E-state index contributed by atoms with van der Waals surface area (Å²) in [5.41, 5.74) is 1.36. The highest BCUT2D eigenvalue weighted by Crippen LogP contribution is 2.43. The van der Waals surface area contributed by atoms with Crippen LogP contribution in [0.5, 0.6) is 0 Å². The van der Waals surface area contributed by atoms with E-state index in [1.54, 1.807) is 24.3 Å². The SMILES string of the molecule is CCCCCCCCCCCCCCCC(=O)OC[C@H](COP(=O)(O)OCC[N+](C)(C)C)OC(=O)CCCCCCOCCc1ccc(C2=NN2C(F)(F)F)cc1. The second-order valence-corrected chi connectivity index (χ2v) is 17.3. The van der Waals surface area contributed by atoms with Gasteiger partial charge < -0.3 is 23.6 Å². The van der Waals surface area contributed by atoms with E-state index in [1.807, 2.05) is 21.1 Å². The summed E-state index contributed by atoms with van der Waals surface area (Å²) < 4.78 is 77.8. The second-order valence-electron chi connectivity index (χ2n) is 15.8. The number of ether oxygens (including phenoxy) is 3. The number of quaternary nitrogens is 1. The van der Waals surface area contributed by atoms with Crippen molar-refractivity contribution in [1.82, 2.24) is 5.01 Å². The number of phosphoric acid groups is 1. The number of amidine groups is 1. The lowest BCUT2D eigenvalue weighted by molar-refractivity contribution is -0.870. The number of esters is 2. The number of halogens is 3. The van der Waals surface area contributed by atoms with Crippen molar-refractivity contribution in [3.8, 4) is 0 Å². The van der Waals surface area contributed by atoms with Gasteiger partial charge in [-0.25, -0.2) is 4.57 Å². The normalized spacial score (nSPS) is 14.6. The molecule has 1 unspecified atom stereocenters. The van der Waals surface area contributed by atoms with Gasteiger partial charge in [-0.2, -0.15) is 0 Å². The van der Waals surface area contributed by atoms with E-state index < -0.39 is 38.8 Å². The van der Waals surface area contributed by atoms with Crippen LogP contribution in [-0.2, 0) is 43.8 Å². The van der Waals surface area contributed by atoms with E-state index in [0.29, 0.717) is 49.1 Å². The maximum atomic E-state index is 12.7. The number of benzene rings is 1. The Bertz CT molecular complexity index is 1340. The number of hydrogen-bond acceptors (Lipinski definition) is 10. The van der Waals surface area contributed by atoms with Gasteiger partial charge >= 0.3 is 26.1 Å². The summed E-state index contributed by atoms with van der Waals surface area (Å²) in [6.45, 7) is 2.93. The molecule has 2 atom stereocenters. The fraction of sp³-hybridized carbons (Fsp3) is 0.780. The maximum absolute atomic E-state index is 12.7. The Balaban J connectivity index is 1.62. The Morgan fingerprint density at radius 2 is 1.30 bits per heavy atom. The summed E-state index contributed by atoms with van der Waals surface area (Å²) in [7, 11) is 1.32. The third-order valence-corrected chi connectivity index (χ3v) is 10.4. The van der Waals surface area contributed by atoms with Crippen LogP contribution in [0.1, 0.15) is 140 Å². The Hall–Kier alpha value is -2.55. The number of rotatable bonds is 35. The summed E-state index contributed by atoms with van der Waals surface area (Å²) >= 11 is 0. The molecule has 0 spiro atoms. The van der Waals surface area contributed by atoms with E-state index in [4.69, 9.17) is 23.3 Å². The molecule has 1 N–H and O–H groups in total. The number of hydrogen-bond donors (Lipinski definition) is 1. The highest BCUT2D eigenvalue weighted by Gasteiger charge is 2.48. The number of likely N-dealkylation sites (N-methyl/N-ethyl adjacent to an activating group) is 1. The molecule has 1 aliphatic rings. The largest absolute Gasteiger partial charge is 0.506 e. The standard InChI is InChI=1S/C41H69F3N3O9P/c1-5-6-7-8-9-10-11-12-13-14-15-16-19-22-38(48)53-33-37(34-55-57(50,51)54-32-29-47(2,3)4)56-39(49)23-20-17-18-21-30-52-31-28-35-24-26-36(27-25-35)40-45-46(40)41(42,43)44/h24-27,37H,5-23,28-34H2,1-4H3/p+1/t37-,46?/m1/s1. The molecule has 0 radical (unpaired) electrons. The van der Waals surface area contributed by atoms with Gasteiger partial charge in [0.05, 0.1) is 34.4 Å². The average molecular weight is 837 g/mol. The van der Waals surface area contributed by atoms with Crippen LogP contribution < -0.4 is 0 Å². The third kappa shape index (κ3) is 26.2. The van der Waals surface area contributed by atoms with Gasteiger partial charge in [-0.05, 0) is 31.2 Å². The van der Waals surface area contributed by atoms with Crippen molar-refractivity contribution in [3.63, 3.8) is 0 Å². The number of carbonyl (C=O) groups excluding carboxylic acids is 2. The van der Waals surface area contributed by atoms with Crippen LogP contribution in [0.3, 0.4) is 0 Å². The van der Waals surface area contributed by atoms with Crippen LogP contribution >= 0.6 is 7.82 Å². The first kappa shape index (κ1) is 50.6. The molecule has 0 saturated carbocycles. The first-order valence-electron chi connectivity index (χ1n) is 21.0. The topological polar surface area (TPSA) is 133 Å². The number of unbranched alkanes of at least 4 members (excludes halogenated alkanes) is 15. The van der Waals surface area contributed by atoms with Crippen LogP contribution in [0.4, 0.5) is 13.2 Å². The molecule has 0 saturated heterocycles. The number of carbonyl (C=O) groups is 2. The quantitative estimate of drug-likeness (QED) is 0.0232. The number of nitrogens with zero attached hydrogens (tertiary/aromatic N) is 3. The Kier molecular flexibility index (Phi) is 24.9. The molecule has 16 heteroatoms. The van der Waals surface area contributed by atoms with Crippen LogP contribution in [0.25, 0.3) is 0 Å². The van der Waals surface area contributed by atoms with E-state index in [9.17, 15) is 32.2 Å². The summed E-state index contributed by atoms with van der Waals surface area (Å²) in [5.74, 6) is -1.04. The van der Waals surface area contributed by atoms with E-state index in [0.717, 1.165) is 44.1 Å². The second kappa shape index (κ2) is 28.0. The maximum Gasteiger partial charge on any atom is 0.506 e. The van der Waals surface area contributed by atoms with Crippen LogP contribution in [0.15, 0.2) is 29.4 Å². The molecule has 0 bridgehead atoms. The van der Waals surface area contributed by atoms with Gasteiger partial charge in [0.2, 0.25) is 0 Å². The number of phosphoric ester groups is 1. The van der Waals surface area contributed by atoms with E-state index in [2.05, 4.69) is 12.0 Å². The van der Waals surface area contributed by atoms with Crippen molar-refractivity contribution >= 4 is 25.6 Å². The smallest absolute Gasteiger partial charge is 0.462 e. The van der Waals surface area contributed by atoms with Gasteiger partial charge in [-0.1, -0.05) is 121 Å². The molecule has 0 fully saturated rings. The molecular formula is C41H70F3N3O9P+. The first-order valence-corrected chi connectivity index (χ1v) is 22.5. The van der Waals surface area contributed by atoms with E-state index >= 15 is 0 Å². The van der Waals surface area contributed by atoms with Crippen molar-refractivity contribution in [2.75, 3.05) is 60.7 Å². The van der Waals surface area contributed by atoms with Crippen LogP contribution in [0.2, 0.25) is 0 Å². The minimum absolute atomic E-state index is 0.0124. The third-order valence-electron chi connectivity index (χ3n) is 9.42.